The Morgan fingerprint density at radius 1 is 1.00 bits per heavy atom. The number of alkyl halides is 4. The van der Waals surface area contributed by atoms with Gasteiger partial charge in [0.15, 0.2) is 11.6 Å². The molecule has 0 aliphatic carbocycles. The summed E-state index contributed by atoms with van der Waals surface area (Å²) in [7, 11) is 1.14. The highest BCUT2D eigenvalue weighted by atomic mass is 19.3. The molecule has 0 atom stereocenters. The highest BCUT2D eigenvalue weighted by Crippen LogP contribution is 2.43. The maximum atomic E-state index is 13.9. The van der Waals surface area contributed by atoms with Gasteiger partial charge in [-0.2, -0.15) is 17.6 Å². The van der Waals surface area contributed by atoms with Gasteiger partial charge in [0.05, 0.1) is 12.7 Å². The van der Waals surface area contributed by atoms with E-state index in [4.69, 9.17) is 4.74 Å². The maximum Gasteiger partial charge on any atom is 0.337 e. The van der Waals surface area contributed by atoms with Crippen molar-refractivity contribution in [2.45, 2.75) is 18.8 Å². The van der Waals surface area contributed by atoms with Gasteiger partial charge in [0.1, 0.15) is 5.75 Å². The van der Waals surface area contributed by atoms with E-state index in [-0.39, 0.29) is 24.0 Å². The van der Waals surface area contributed by atoms with E-state index in [1.54, 1.807) is 0 Å². The Hall–Kier alpha value is -2.64. The van der Waals surface area contributed by atoms with Crippen molar-refractivity contribution < 1.29 is 36.2 Å². The number of rotatable bonds is 5. The summed E-state index contributed by atoms with van der Waals surface area (Å²) in [6.07, 6.45) is 0. The smallest absolute Gasteiger partial charge is 0.337 e. The second kappa shape index (κ2) is 6.70. The van der Waals surface area contributed by atoms with Crippen LogP contribution in [0.25, 0.3) is 0 Å². The van der Waals surface area contributed by atoms with Crippen LogP contribution in [-0.4, -0.2) is 19.0 Å². The van der Waals surface area contributed by atoms with E-state index < -0.39 is 29.2 Å². The molecule has 134 valence electrons. The molecule has 0 N–H and O–H groups in total. The quantitative estimate of drug-likeness (QED) is 0.546. The van der Waals surface area contributed by atoms with Crippen LogP contribution >= 0.6 is 0 Å². The lowest BCUT2D eigenvalue weighted by Gasteiger charge is -2.23. The van der Waals surface area contributed by atoms with Crippen molar-refractivity contribution in [2.75, 3.05) is 7.11 Å². The predicted molar refractivity (Wildman–Crippen MR) is 78.8 cm³/mol. The molecule has 3 nitrogen and oxygen atoms in total. The van der Waals surface area contributed by atoms with Crippen molar-refractivity contribution >= 4 is 5.97 Å². The first-order chi connectivity index (χ1) is 11.6. The van der Waals surface area contributed by atoms with Gasteiger partial charge in [-0.25, -0.2) is 9.18 Å². The Morgan fingerprint density at radius 3 is 2.08 bits per heavy atom. The van der Waals surface area contributed by atoms with Crippen molar-refractivity contribution in [3.63, 3.8) is 0 Å². The van der Waals surface area contributed by atoms with E-state index in [1.807, 2.05) is 0 Å². The molecule has 0 unspecified atom stereocenters. The lowest BCUT2D eigenvalue weighted by molar-refractivity contribution is -0.204. The highest BCUT2D eigenvalue weighted by Gasteiger charge is 2.53. The van der Waals surface area contributed by atoms with Gasteiger partial charge >= 0.3 is 17.8 Å². The second-order valence-corrected chi connectivity index (χ2v) is 5.23. The van der Waals surface area contributed by atoms with E-state index >= 15 is 0 Å². The number of esters is 1. The van der Waals surface area contributed by atoms with Gasteiger partial charge in [-0.3, -0.25) is 0 Å². The van der Waals surface area contributed by atoms with Crippen LogP contribution < -0.4 is 4.74 Å². The van der Waals surface area contributed by atoms with Crippen molar-refractivity contribution in [1.82, 2.24) is 0 Å². The lowest BCUT2D eigenvalue weighted by Crippen LogP contribution is -2.34. The van der Waals surface area contributed by atoms with Gasteiger partial charge in [0.2, 0.25) is 0 Å². The van der Waals surface area contributed by atoms with Gasteiger partial charge in [-0.1, -0.05) is 0 Å². The topological polar surface area (TPSA) is 35.5 Å². The first kappa shape index (κ1) is 18.7. The molecule has 0 fully saturated rings. The zero-order valence-electron chi connectivity index (χ0n) is 13.2. The van der Waals surface area contributed by atoms with E-state index in [1.165, 1.54) is 6.07 Å². The number of carbonyl (C=O) groups is 1. The molecular formula is C17H13F5O3. The molecule has 0 bridgehead atoms. The number of benzene rings is 2. The summed E-state index contributed by atoms with van der Waals surface area (Å²) in [5, 5.41) is 0. The molecule has 25 heavy (non-hydrogen) atoms. The van der Waals surface area contributed by atoms with E-state index in [9.17, 15) is 26.7 Å². The van der Waals surface area contributed by atoms with Crippen LogP contribution in [0.2, 0.25) is 0 Å². The van der Waals surface area contributed by atoms with Crippen molar-refractivity contribution in [3.05, 3.63) is 59.4 Å². The van der Waals surface area contributed by atoms with Gasteiger partial charge in [0, 0.05) is 12.5 Å². The summed E-state index contributed by atoms with van der Waals surface area (Å²) < 4.78 is 76.5. The average molecular weight is 360 g/mol. The standard InChI is InChI=1S/C17H13F5O3/c1-16(19,20)17(21,22)11-4-6-12(7-5-11)25-14-8-3-10(9-13(14)18)15(23)24-2/h3-9H,1-2H3. The fourth-order valence-corrected chi connectivity index (χ4v) is 1.94. The third-order valence-electron chi connectivity index (χ3n) is 3.35. The maximum absolute atomic E-state index is 13.9. The average Bonchev–Trinajstić information content (AvgIpc) is 2.55. The van der Waals surface area contributed by atoms with Crippen LogP contribution in [0.4, 0.5) is 22.0 Å². The Balaban J connectivity index is 2.21. The number of carbonyl (C=O) groups excluding carboxylic acids is 1. The van der Waals surface area contributed by atoms with E-state index in [0.717, 1.165) is 43.5 Å². The van der Waals surface area contributed by atoms with Crippen LogP contribution in [0.3, 0.4) is 0 Å². The molecule has 0 amide bonds. The summed E-state index contributed by atoms with van der Waals surface area (Å²) in [6, 6.07) is 6.88. The number of ether oxygens (including phenoxy) is 2. The van der Waals surface area contributed by atoms with Crippen LogP contribution in [0.15, 0.2) is 42.5 Å². The van der Waals surface area contributed by atoms with Crippen molar-refractivity contribution in [2.24, 2.45) is 0 Å². The zero-order valence-corrected chi connectivity index (χ0v) is 13.2. The predicted octanol–water partition coefficient (Wildman–Crippen LogP) is 5.15. The van der Waals surface area contributed by atoms with Gasteiger partial charge < -0.3 is 9.47 Å². The fraction of sp³-hybridized carbons (Fsp3) is 0.235. The Labute approximate surface area is 140 Å². The molecule has 0 heterocycles. The first-order valence-corrected chi connectivity index (χ1v) is 6.98. The third kappa shape index (κ3) is 3.89. The summed E-state index contributed by atoms with van der Waals surface area (Å²) in [5.74, 6) is -10.5. The number of halogens is 5. The molecular weight excluding hydrogens is 347 g/mol. The molecule has 0 radical (unpaired) electrons. The highest BCUT2D eigenvalue weighted by molar-refractivity contribution is 5.89. The molecule has 8 heteroatoms. The number of hydrogen-bond acceptors (Lipinski definition) is 3. The van der Waals surface area contributed by atoms with Gasteiger partial charge in [-0.05, 0) is 42.5 Å². The van der Waals surface area contributed by atoms with Crippen LogP contribution in [0.1, 0.15) is 22.8 Å². The summed E-state index contributed by atoms with van der Waals surface area (Å²) in [5.41, 5.74) is -0.929. The first-order valence-electron chi connectivity index (χ1n) is 6.98. The summed E-state index contributed by atoms with van der Waals surface area (Å²) >= 11 is 0. The minimum absolute atomic E-state index is 0.0347. The molecule has 2 rings (SSSR count). The minimum atomic E-state index is -4.35. The molecule has 0 aliphatic rings. The van der Waals surface area contributed by atoms with Gasteiger partial charge in [-0.15, -0.1) is 0 Å². The lowest BCUT2D eigenvalue weighted by atomic mass is 10.0. The molecule has 2 aromatic carbocycles. The monoisotopic (exact) mass is 360 g/mol. The van der Waals surface area contributed by atoms with Crippen LogP contribution in [-0.2, 0) is 10.7 Å². The van der Waals surface area contributed by atoms with E-state index in [2.05, 4.69) is 4.74 Å². The largest absolute Gasteiger partial charge is 0.465 e. The van der Waals surface area contributed by atoms with Crippen LogP contribution in [0.5, 0.6) is 11.5 Å². The Bertz CT molecular complexity index is 767. The molecule has 2 aromatic rings. The molecule has 0 aromatic heterocycles. The van der Waals surface area contributed by atoms with Crippen molar-refractivity contribution in [3.8, 4) is 11.5 Å². The zero-order chi connectivity index (χ0) is 18.8. The molecule has 0 saturated heterocycles. The number of methoxy groups -OCH3 is 1. The fourth-order valence-electron chi connectivity index (χ4n) is 1.94. The SMILES string of the molecule is COC(=O)c1ccc(Oc2ccc(C(F)(F)C(C)(F)F)cc2)c(F)c1. The Kier molecular flexibility index (Phi) is 5.01. The normalized spacial score (nSPS) is 12.0. The molecule has 0 aliphatic heterocycles. The van der Waals surface area contributed by atoms with Gasteiger partial charge in [0.25, 0.3) is 0 Å². The van der Waals surface area contributed by atoms with E-state index in [0.29, 0.717) is 0 Å². The second-order valence-electron chi connectivity index (χ2n) is 5.23. The molecule has 0 saturated carbocycles. The summed E-state index contributed by atoms with van der Waals surface area (Å²) in [4.78, 5) is 11.3. The minimum Gasteiger partial charge on any atom is -0.465 e. The number of hydrogen-bond donors (Lipinski definition) is 0. The Morgan fingerprint density at radius 2 is 1.60 bits per heavy atom. The third-order valence-corrected chi connectivity index (χ3v) is 3.35. The molecule has 0 spiro atoms. The van der Waals surface area contributed by atoms with Crippen LogP contribution in [0, 0.1) is 5.82 Å². The van der Waals surface area contributed by atoms with Crippen molar-refractivity contribution in [1.29, 1.82) is 0 Å². The summed E-state index contributed by atoms with van der Waals surface area (Å²) in [6.45, 7) is 0.121.